The van der Waals surface area contributed by atoms with Gasteiger partial charge in [-0.1, -0.05) is 43.2 Å². The highest BCUT2D eigenvalue weighted by Crippen LogP contribution is 2.46. The zero-order valence-corrected chi connectivity index (χ0v) is 23.6. The predicted molar refractivity (Wildman–Crippen MR) is 157 cm³/mol. The topological polar surface area (TPSA) is 52.5 Å². The van der Waals surface area contributed by atoms with Gasteiger partial charge in [0.05, 0.1) is 18.6 Å². The van der Waals surface area contributed by atoms with Crippen LogP contribution in [0.4, 0.5) is 0 Å². The summed E-state index contributed by atoms with van der Waals surface area (Å²) in [5.74, 6) is 4.12. The molecule has 0 aromatic carbocycles. The number of allylic oxidation sites excluding steroid dienone is 6. The second-order valence-electron chi connectivity index (χ2n) is 11.7. The van der Waals surface area contributed by atoms with Crippen LogP contribution in [0.3, 0.4) is 0 Å². The fraction of sp³-hybridized carbons (Fsp3) is 0.625. The van der Waals surface area contributed by atoms with E-state index in [4.69, 9.17) is 21.1 Å². The molecule has 1 saturated carbocycles. The van der Waals surface area contributed by atoms with E-state index in [9.17, 15) is 0 Å². The minimum absolute atomic E-state index is 0.000915. The first-order valence-corrected chi connectivity index (χ1v) is 14.7. The molecule has 5 rings (SSSR count). The summed E-state index contributed by atoms with van der Waals surface area (Å²) < 4.78 is 6.41. The van der Waals surface area contributed by atoms with Crippen LogP contribution in [-0.4, -0.2) is 80.1 Å². The van der Waals surface area contributed by atoms with Crippen LogP contribution in [0.15, 0.2) is 57.1 Å². The molecule has 0 spiro atoms. The van der Waals surface area contributed by atoms with Gasteiger partial charge in [-0.2, -0.15) is 4.99 Å². The lowest BCUT2D eigenvalue weighted by Crippen LogP contribution is -2.47. The molecule has 3 unspecified atom stereocenters. The number of likely N-dealkylation sites (N-methyl/N-ethyl adjacent to an activating group) is 1. The van der Waals surface area contributed by atoms with Gasteiger partial charge in [-0.25, -0.2) is 4.99 Å². The molecule has 0 aromatic heterocycles. The Morgan fingerprint density at radius 2 is 2.05 bits per heavy atom. The van der Waals surface area contributed by atoms with E-state index in [1.54, 1.807) is 0 Å². The Kier molecular flexibility index (Phi) is 8.55. The molecule has 0 bridgehead atoms. The molecule has 204 valence electrons. The Labute approximate surface area is 229 Å². The summed E-state index contributed by atoms with van der Waals surface area (Å²) in [7, 11) is 2.19. The van der Waals surface area contributed by atoms with Crippen molar-refractivity contribution in [2.75, 3.05) is 46.4 Å². The minimum atomic E-state index is -0.000915. The molecule has 0 amide bonds. The quantitative estimate of drug-likeness (QED) is 0.428. The van der Waals surface area contributed by atoms with Gasteiger partial charge in [0.2, 0.25) is 0 Å². The summed E-state index contributed by atoms with van der Waals surface area (Å²) in [6.07, 6.45) is 25.1. The standard InChI is InChI=1S/C32H45N5O/c1-5-25-11-8-9-12-26(25)19-24-14-15-28-29(20-24)34-31(38-23-32(16-17-32)22-36(4)6-2)35-30(28)37(7-3)21-27-13-10-18-33-27/h1,11-12,14-15,20,27-29,33H,6-10,13,16-19,21-23H2,2-4H3. The lowest BCUT2D eigenvalue weighted by atomic mass is 9.85. The van der Waals surface area contributed by atoms with Crippen LogP contribution >= 0.6 is 0 Å². The fourth-order valence-corrected chi connectivity index (χ4v) is 6.13. The number of aliphatic imine (C=N–C) groups is 2. The van der Waals surface area contributed by atoms with E-state index in [1.165, 1.54) is 36.8 Å². The highest BCUT2D eigenvalue weighted by molar-refractivity contribution is 5.99. The van der Waals surface area contributed by atoms with Gasteiger partial charge in [-0.05, 0) is 83.2 Å². The molecule has 2 fully saturated rings. The van der Waals surface area contributed by atoms with Crippen molar-refractivity contribution in [2.24, 2.45) is 21.3 Å². The smallest absolute Gasteiger partial charge is 0.314 e. The summed E-state index contributed by atoms with van der Waals surface area (Å²) in [5.41, 5.74) is 3.82. The number of rotatable bonds is 10. The minimum Gasteiger partial charge on any atom is -0.463 e. The molecule has 2 aliphatic heterocycles. The normalized spacial score (nSPS) is 27.4. The average molecular weight is 516 g/mol. The Morgan fingerprint density at radius 1 is 1.21 bits per heavy atom. The van der Waals surface area contributed by atoms with E-state index in [0.717, 1.165) is 63.4 Å². The molecule has 3 atom stereocenters. The van der Waals surface area contributed by atoms with Crippen LogP contribution in [0, 0.1) is 23.7 Å². The van der Waals surface area contributed by atoms with Crippen molar-refractivity contribution in [1.29, 1.82) is 0 Å². The number of amidine groups is 2. The van der Waals surface area contributed by atoms with Crippen molar-refractivity contribution < 1.29 is 4.74 Å². The predicted octanol–water partition coefficient (Wildman–Crippen LogP) is 4.73. The van der Waals surface area contributed by atoms with Crippen molar-refractivity contribution >= 4 is 11.9 Å². The Balaban J connectivity index is 1.36. The summed E-state index contributed by atoms with van der Waals surface area (Å²) in [6, 6.07) is 1.07. The van der Waals surface area contributed by atoms with Gasteiger partial charge in [-0.15, -0.1) is 6.42 Å². The molecule has 0 radical (unpaired) electrons. The number of nitrogens with zero attached hydrogens (tertiary/aromatic N) is 4. The Hall–Kier alpha value is -2.62. The molecule has 2 heterocycles. The van der Waals surface area contributed by atoms with Gasteiger partial charge in [0.25, 0.3) is 0 Å². The molecule has 6 nitrogen and oxygen atoms in total. The maximum absolute atomic E-state index is 6.41. The van der Waals surface area contributed by atoms with Gasteiger partial charge in [0.15, 0.2) is 0 Å². The molecule has 3 aliphatic carbocycles. The number of hydrogen-bond acceptors (Lipinski definition) is 6. The molecule has 1 saturated heterocycles. The van der Waals surface area contributed by atoms with Crippen LogP contribution in [0.1, 0.15) is 58.8 Å². The van der Waals surface area contributed by atoms with E-state index in [0.29, 0.717) is 18.7 Å². The third-order valence-electron chi connectivity index (χ3n) is 8.76. The molecule has 1 N–H and O–H groups in total. The summed E-state index contributed by atoms with van der Waals surface area (Å²) in [5, 5.41) is 3.66. The molecular weight excluding hydrogens is 470 g/mol. The monoisotopic (exact) mass is 515 g/mol. The highest BCUT2D eigenvalue weighted by Gasteiger charge is 2.45. The Morgan fingerprint density at radius 3 is 2.76 bits per heavy atom. The van der Waals surface area contributed by atoms with Gasteiger partial charge in [-0.3, -0.25) is 0 Å². The largest absolute Gasteiger partial charge is 0.463 e. The number of fused-ring (bicyclic) bond motifs is 1. The van der Waals surface area contributed by atoms with Crippen molar-refractivity contribution in [2.45, 2.75) is 70.9 Å². The maximum atomic E-state index is 6.41. The van der Waals surface area contributed by atoms with Gasteiger partial charge in [0, 0.05) is 36.7 Å². The van der Waals surface area contributed by atoms with Gasteiger partial charge in [0.1, 0.15) is 5.84 Å². The van der Waals surface area contributed by atoms with Gasteiger partial charge >= 0.3 is 6.02 Å². The molecule has 38 heavy (non-hydrogen) atoms. The first-order chi connectivity index (χ1) is 18.5. The van der Waals surface area contributed by atoms with Crippen LogP contribution in [0.2, 0.25) is 0 Å². The molecule has 0 aromatic rings. The first kappa shape index (κ1) is 27.0. The van der Waals surface area contributed by atoms with E-state index < -0.39 is 0 Å². The number of nitrogens with one attached hydrogen (secondary N) is 1. The van der Waals surface area contributed by atoms with Crippen LogP contribution in [0.5, 0.6) is 0 Å². The van der Waals surface area contributed by atoms with Crippen molar-refractivity contribution in [3.05, 3.63) is 47.1 Å². The molecule has 5 aliphatic rings. The summed E-state index contributed by atoms with van der Waals surface area (Å²) in [6.45, 7) is 10.3. The van der Waals surface area contributed by atoms with E-state index >= 15 is 0 Å². The second kappa shape index (κ2) is 12.1. The zero-order valence-electron chi connectivity index (χ0n) is 23.6. The third-order valence-corrected chi connectivity index (χ3v) is 8.76. The summed E-state index contributed by atoms with van der Waals surface area (Å²) >= 11 is 0. The SMILES string of the molecule is C#CC1=CCCC=C1CC1=CC2N=C(OCC3(CN(C)CC)CC3)N=C(N(CC)CC3CCCN3)C2C=C1. The fourth-order valence-electron chi connectivity index (χ4n) is 6.13. The number of terminal acetylenes is 1. The number of hydrogen-bond donors (Lipinski definition) is 1. The van der Waals surface area contributed by atoms with E-state index in [1.807, 2.05) is 0 Å². The highest BCUT2D eigenvalue weighted by atomic mass is 16.5. The lowest BCUT2D eigenvalue weighted by molar-refractivity contribution is 0.171. The zero-order chi connectivity index (χ0) is 26.5. The van der Waals surface area contributed by atoms with Crippen LogP contribution in [0.25, 0.3) is 0 Å². The molecular formula is C32H45N5O. The van der Waals surface area contributed by atoms with E-state index in [-0.39, 0.29) is 17.4 Å². The van der Waals surface area contributed by atoms with Crippen molar-refractivity contribution in [3.63, 3.8) is 0 Å². The average Bonchev–Trinajstić information content (AvgIpc) is 3.50. The summed E-state index contributed by atoms with van der Waals surface area (Å²) in [4.78, 5) is 15.0. The van der Waals surface area contributed by atoms with Crippen LogP contribution < -0.4 is 5.32 Å². The van der Waals surface area contributed by atoms with E-state index in [2.05, 4.69) is 72.3 Å². The van der Waals surface area contributed by atoms with Gasteiger partial charge < -0.3 is 19.9 Å². The third kappa shape index (κ3) is 6.33. The van der Waals surface area contributed by atoms with Crippen LogP contribution in [-0.2, 0) is 4.74 Å². The Bertz CT molecular complexity index is 1090. The maximum Gasteiger partial charge on any atom is 0.314 e. The van der Waals surface area contributed by atoms with Crippen molar-refractivity contribution in [3.8, 4) is 12.3 Å². The van der Waals surface area contributed by atoms with Crippen molar-refractivity contribution in [1.82, 2.24) is 15.1 Å². The second-order valence-corrected chi connectivity index (χ2v) is 11.7. The molecule has 6 heteroatoms. The lowest BCUT2D eigenvalue weighted by Gasteiger charge is -2.36. The first-order valence-electron chi connectivity index (χ1n) is 14.7. The number of ether oxygens (including phenoxy) is 1.